The second-order valence-corrected chi connectivity index (χ2v) is 8.42. The minimum Gasteiger partial charge on any atom is -0.439 e. The number of nitrogens with zero attached hydrogens (tertiary/aromatic N) is 3. The monoisotopic (exact) mass is 389 g/mol. The Morgan fingerprint density at radius 1 is 1.03 bits per heavy atom. The molecular weight excluding hydrogens is 358 g/mol. The van der Waals surface area contributed by atoms with E-state index < -0.39 is 0 Å². The highest BCUT2D eigenvalue weighted by Gasteiger charge is 2.23. The van der Waals surface area contributed by atoms with Gasteiger partial charge < -0.3 is 14.1 Å². The highest BCUT2D eigenvalue weighted by Crippen LogP contribution is 2.38. The smallest absolute Gasteiger partial charge is 0.213 e. The lowest BCUT2D eigenvalue weighted by Crippen LogP contribution is -2.43. The van der Waals surface area contributed by atoms with Gasteiger partial charge in [0, 0.05) is 25.3 Å². The molecule has 0 fully saturated rings. The fourth-order valence-electron chi connectivity index (χ4n) is 3.84. The van der Waals surface area contributed by atoms with Crippen LogP contribution in [0.2, 0.25) is 0 Å². The maximum absolute atomic E-state index is 6.10. The van der Waals surface area contributed by atoms with Gasteiger partial charge in [0.15, 0.2) is 18.5 Å². The van der Waals surface area contributed by atoms with Crippen LogP contribution in [0.1, 0.15) is 18.9 Å². The molecule has 2 heterocycles. The van der Waals surface area contributed by atoms with Gasteiger partial charge in [-0.05, 0) is 30.7 Å². The van der Waals surface area contributed by atoms with E-state index in [1.54, 1.807) is 0 Å². The van der Waals surface area contributed by atoms with Crippen LogP contribution >= 0.6 is 0 Å². The van der Waals surface area contributed by atoms with Crippen molar-refractivity contribution in [1.82, 2.24) is 0 Å². The molecule has 1 aromatic heterocycles. The molecule has 0 unspecified atom stereocenters. The third-order valence-corrected chi connectivity index (χ3v) is 6.03. The molecule has 1 aliphatic heterocycles. The third-order valence-electron chi connectivity index (χ3n) is 6.03. The van der Waals surface area contributed by atoms with E-state index in [4.69, 9.17) is 4.74 Å². The number of anilines is 1. The number of hydrogen-bond donors (Lipinski definition) is 0. The summed E-state index contributed by atoms with van der Waals surface area (Å²) in [6.07, 6.45) is 5.52. The Bertz CT molecular complexity index is 1050. The fourth-order valence-corrected chi connectivity index (χ4v) is 3.84. The zero-order valence-electron chi connectivity index (χ0n) is 17.9. The van der Waals surface area contributed by atoms with Crippen molar-refractivity contribution in [2.45, 2.75) is 19.9 Å². The molecule has 29 heavy (non-hydrogen) atoms. The normalized spacial score (nSPS) is 15.0. The summed E-state index contributed by atoms with van der Waals surface area (Å²) >= 11 is 0. The van der Waals surface area contributed by atoms with Crippen LogP contribution in [0, 0.1) is 0 Å². The van der Waals surface area contributed by atoms with Crippen LogP contribution in [-0.4, -0.2) is 38.7 Å². The Morgan fingerprint density at radius 2 is 1.79 bits per heavy atom. The molecule has 0 bridgehead atoms. The summed E-state index contributed by atoms with van der Waals surface area (Å²) in [4.78, 5) is 2.11. The molecule has 0 saturated heterocycles. The van der Waals surface area contributed by atoms with Crippen LogP contribution in [0.5, 0.6) is 5.75 Å². The molecule has 4 rings (SSSR count). The van der Waals surface area contributed by atoms with Crippen molar-refractivity contribution in [3.8, 4) is 5.75 Å². The van der Waals surface area contributed by atoms with Crippen molar-refractivity contribution < 1.29 is 13.8 Å². The van der Waals surface area contributed by atoms with Crippen LogP contribution in [0.25, 0.3) is 17.0 Å². The number of hydrogen-bond acceptors (Lipinski definition) is 2. The summed E-state index contributed by atoms with van der Waals surface area (Å²) in [5.41, 5.74) is 3.55. The Kier molecular flexibility index (Phi) is 5.29. The van der Waals surface area contributed by atoms with E-state index >= 15 is 0 Å². The summed E-state index contributed by atoms with van der Waals surface area (Å²) in [5.74, 6) is 1.77. The van der Waals surface area contributed by atoms with E-state index in [9.17, 15) is 0 Å². The number of pyridine rings is 1. The second-order valence-electron chi connectivity index (χ2n) is 8.42. The first-order valence-corrected chi connectivity index (χ1v) is 10.4. The lowest BCUT2D eigenvalue weighted by atomic mass is 10.1. The topological polar surface area (TPSA) is 16.4 Å². The molecule has 150 valence electrons. The Balaban J connectivity index is 1.63. The maximum Gasteiger partial charge on any atom is 0.213 e. The lowest BCUT2D eigenvalue weighted by molar-refractivity contribution is -0.890. The van der Waals surface area contributed by atoms with Gasteiger partial charge in [-0.3, -0.25) is 0 Å². The Labute approximate surface area is 173 Å². The number of quaternary nitrogens is 1. The average molecular weight is 390 g/mol. The van der Waals surface area contributed by atoms with E-state index in [1.165, 1.54) is 23.0 Å². The predicted molar refractivity (Wildman–Crippen MR) is 120 cm³/mol. The van der Waals surface area contributed by atoms with Gasteiger partial charge in [-0.2, -0.15) is 4.57 Å². The molecule has 0 saturated carbocycles. The van der Waals surface area contributed by atoms with Crippen LogP contribution in [0.4, 0.5) is 5.69 Å². The predicted octanol–water partition coefficient (Wildman–Crippen LogP) is 4.44. The van der Waals surface area contributed by atoms with Gasteiger partial charge in [-0.25, -0.2) is 0 Å². The third kappa shape index (κ3) is 3.99. The molecule has 0 radical (unpaired) electrons. The molecule has 1 aliphatic rings. The zero-order chi connectivity index (χ0) is 20.4. The average Bonchev–Trinajstić information content (AvgIpc) is 3.05. The minimum atomic E-state index is 0.857. The van der Waals surface area contributed by atoms with E-state index in [2.05, 4.69) is 86.2 Å². The molecule has 3 aromatic rings. The van der Waals surface area contributed by atoms with Crippen molar-refractivity contribution in [2.75, 3.05) is 39.1 Å². The van der Waals surface area contributed by atoms with Crippen molar-refractivity contribution in [2.24, 2.45) is 0 Å². The first-order valence-electron chi connectivity index (χ1n) is 10.4. The largest absolute Gasteiger partial charge is 0.439 e. The number of aryl methyl sites for hydroxylation is 1. The first kappa shape index (κ1) is 19.5. The number of para-hydroxylation sites is 3. The van der Waals surface area contributed by atoms with Crippen molar-refractivity contribution >= 4 is 22.7 Å². The summed E-state index contributed by atoms with van der Waals surface area (Å²) < 4.78 is 9.53. The standard InChI is InChI=1S/C25H31N3O/c1-5-28(3,4)18-10-16-27-17-15-20(21-11-6-7-12-22(21)27)19-25-26(2)23-13-8-9-14-24(23)29-25/h6-9,11-15,17,19H,5,10,16,18H2,1-4H3/q+2. The fraction of sp³-hybridized carbons (Fsp3) is 0.320. The number of aromatic nitrogens is 1. The van der Waals surface area contributed by atoms with E-state index in [1.807, 2.05) is 18.2 Å². The Hall–Kier alpha value is -2.85. The SMILES string of the molecule is CC[N+](C)(C)CCC[n+]1ccc(/C=C2\Oc3ccccc3N2C)c2ccccc21. The number of ether oxygens (including phenoxy) is 1. The van der Waals surface area contributed by atoms with Crippen molar-refractivity contribution in [1.29, 1.82) is 0 Å². The van der Waals surface area contributed by atoms with E-state index in [-0.39, 0.29) is 0 Å². The lowest BCUT2D eigenvalue weighted by Gasteiger charge is -2.27. The Morgan fingerprint density at radius 3 is 2.59 bits per heavy atom. The minimum absolute atomic E-state index is 0.857. The van der Waals surface area contributed by atoms with Gasteiger partial charge in [-0.1, -0.05) is 24.3 Å². The summed E-state index contributed by atoms with van der Waals surface area (Å²) in [7, 11) is 6.65. The van der Waals surface area contributed by atoms with Gasteiger partial charge in [0.2, 0.25) is 11.4 Å². The number of rotatable bonds is 6. The molecule has 2 aromatic carbocycles. The summed E-state index contributed by atoms with van der Waals surface area (Å²) in [6.45, 7) is 5.63. The van der Waals surface area contributed by atoms with Crippen LogP contribution in [0.3, 0.4) is 0 Å². The van der Waals surface area contributed by atoms with Gasteiger partial charge in [0.1, 0.15) is 0 Å². The number of benzene rings is 2. The quantitative estimate of drug-likeness (QED) is 0.458. The van der Waals surface area contributed by atoms with E-state index in [0.29, 0.717) is 0 Å². The molecule has 0 atom stereocenters. The summed E-state index contributed by atoms with van der Waals surface area (Å²) in [6, 6.07) is 19.0. The molecule has 0 amide bonds. The zero-order valence-corrected chi connectivity index (χ0v) is 17.9. The van der Waals surface area contributed by atoms with Crippen LogP contribution < -0.4 is 14.2 Å². The van der Waals surface area contributed by atoms with Crippen LogP contribution in [-0.2, 0) is 6.54 Å². The molecule has 4 heteroatoms. The summed E-state index contributed by atoms with van der Waals surface area (Å²) in [5, 5.41) is 1.25. The van der Waals surface area contributed by atoms with Crippen molar-refractivity contribution in [3.63, 3.8) is 0 Å². The van der Waals surface area contributed by atoms with Gasteiger partial charge in [0.05, 0.1) is 44.7 Å². The molecule has 0 aliphatic carbocycles. The van der Waals surface area contributed by atoms with Gasteiger partial charge in [-0.15, -0.1) is 0 Å². The molecule has 4 nitrogen and oxygen atoms in total. The molecule has 0 spiro atoms. The van der Waals surface area contributed by atoms with Gasteiger partial charge in [0.25, 0.3) is 0 Å². The van der Waals surface area contributed by atoms with Gasteiger partial charge >= 0.3 is 0 Å². The highest BCUT2D eigenvalue weighted by molar-refractivity contribution is 5.86. The maximum atomic E-state index is 6.10. The molecular formula is C25H31N3O+2. The molecule has 0 N–H and O–H groups in total. The first-order chi connectivity index (χ1) is 14.0. The number of fused-ring (bicyclic) bond motifs is 2. The van der Waals surface area contributed by atoms with Crippen molar-refractivity contribution in [3.05, 3.63) is 72.2 Å². The van der Waals surface area contributed by atoms with E-state index in [0.717, 1.165) is 41.3 Å². The highest BCUT2D eigenvalue weighted by atomic mass is 16.5. The second kappa shape index (κ2) is 7.88. The van der Waals surface area contributed by atoms with Crippen LogP contribution in [0.15, 0.2) is 66.7 Å².